The van der Waals surface area contributed by atoms with Crippen molar-refractivity contribution in [1.82, 2.24) is 0 Å². The smallest absolute Gasteiger partial charge is 0.130 e. The van der Waals surface area contributed by atoms with Crippen LogP contribution < -0.4 is 5.73 Å². The van der Waals surface area contributed by atoms with Crippen LogP contribution in [0.4, 0.5) is 8.78 Å². The van der Waals surface area contributed by atoms with E-state index >= 15 is 0 Å². The van der Waals surface area contributed by atoms with Crippen molar-refractivity contribution in [1.29, 1.82) is 0 Å². The molecule has 2 atom stereocenters. The molecule has 2 unspecified atom stereocenters. The highest BCUT2D eigenvalue weighted by molar-refractivity contribution is 5.23. The van der Waals surface area contributed by atoms with Crippen molar-refractivity contribution >= 4 is 0 Å². The van der Waals surface area contributed by atoms with Crippen molar-refractivity contribution in [2.24, 2.45) is 17.1 Å². The Hall–Kier alpha value is -0.960. The minimum atomic E-state index is -0.552. The van der Waals surface area contributed by atoms with Gasteiger partial charge in [-0.05, 0) is 30.2 Å². The highest BCUT2D eigenvalue weighted by Crippen LogP contribution is 2.48. The highest BCUT2D eigenvalue weighted by atomic mass is 19.1. The summed E-state index contributed by atoms with van der Waals surface area (Å²) >= 11 is 0. The predicted molar refractivity (Wildman–Crippen MR) is 64.4 cm³/mol. The van der Waals surface area contributed by atoms with Crippen LogP contribution in [0.15, 0.2) is 18.2 Å². The topological polar surface area (TPSA) is 26.0 Å². The maximum atomic E-state index is 13.7. The zero-order valence-electron chi connectivity index (χ0n) is 10.3. The maximum Gasteiger partial charge on any atom is 0.130 e. The van der Waals surface area contributed by atoms with Crippen LogP contribution in [0.25, 0.3) is 0 Å². The summed E-state index contributed by atoms with van der Waals surface area (Å²) in [7, 11) is 0. The molecule has 94 valence electrons. The van der Waals surface area contributed by atoms with Crippen molar-refractivity contribution < 1.29 is 8.78 Å². The van der Waals surface area contributed by atoms with Gasteiger partial charge in [-0.25, -0.2) is 8.78 Å². The summed E-state index contributed by atoms with van der Waals surface area (Å²) in [5.41, 5.74) is 6.74. The fourth-order valence-corrected chi connectivity index (χ4v) is 3.01. The van der Waals surface area contributed by atoms with Gasteiger partial charge in [-0.2, -0.15) is 0 Å². The Labute approximate surface area is 101 Å². The fourth-order valence-electron chi connectivity index (χ4n) is 3.01. The first kappa shape index (κ1) is 12.5. The molecular weight excluding hydrogens is 220 g/mol. The first-order valence-electron chi connectivity index (χ1n) is 6.12. The van der Waals surface area contributed by atoms with E-state index in [1.54, 1.807) is 0 Å². The van der Waals surface area contributed by atoms with Crippen LogP contribution in [0.3, 0.4) is 0 Å². The molecule has 17 heavy (non-hydrogen) atoms. The molecule has 2 N–H and O–H groups in total. The number of benzene rings is 1. The Morgan fingerprint density at radius 2 is 2.06 bits per heavy atom. The highest BCUT2D eigenvalue weighted by Gasteiger charge is 2.39. The van der Waals surface area contributed by atoms with E-state index in [9.17, 15) is 8.78 Å². The third-order valence-corrected chi connectivity index (χ3v) is 4.10. The Bertz CT molecular complexity index is 415. The lowest BCUT2D eigenvalue weighted by atomic mass is 9.76. The molecule has 0 aliphatic heterocycles. The summed E-state index contributed by atoms with van der Waals surface area (Å²) in [6.07, 6.45) is 3.27. The Morgan fingerprint density at radius 3 is 2.59 bits per heavy atom. The zero-order chi connectivity index (χ0) is 12.6. The number of nitrogens with two attached hydrogens (primary N) is 1. The molecule has 1 aliphatic rings. The number of hydrogen-bond acceptors (Lipinski definition) is 1. The number of rotatable bonds is 2. The monoisotopic (exact) mass is 239 g/mol. The molecule has 1 fully saturated rings. The van der Waals surface area contributed by atoms with Gasteiger partial charge in [0.15, 0.2) is 0 Å². The lowest BCUT2D eigenvalue weighted by Gasteiger charge is -2.32. The van der Waals surface area contributed by atoms with Crippen molar-refractivity contribution in [2.45, 2.75) is 39.2 Å². The molecule has 0 heterocycles. The van der Waals surface area contributed by atoms with E-state index in [1.165, 1.54) is 12.1 Å². The largest absolute Gasteiger partial charge is 0.324 e. The fraction of sp³-hybridized carbons (Fsp3) is 0.571. The molecule has 1 aromatic carbocycles. The van der Waals surface area contributed by atoms with Gasteiger partial charge in [-0.3, -0.25) is 0 Å². The van der Waals surface area contributed by atoms with Gasteiger partial charge >= 0.3 is 0 Å². The van der Waals surface area contributed by atoms with Crippen LogP contribution in [0.1, 0.15) is 44.7 Å². The summed E-state index contributed by atoms with van der Waals surface area (Å²) < 4.78 is 26.5. The van der Waals surface area contributed by atoms with Crippen molar-refractivity contribution in [3.8, 4) is 0 Å². The summed E-state index contributed by atoms with van der Waals surface area (Å²) in [6.45, 7) is 4.35. The van der Waals surface area contributed by atoms with Gasteiger partial charge in [-0.1, -0.05) is 26.3 Å². The van der Waals surface area contributed by atoms with Gasteiger partial charge in [0.2, 0.25) is 0 Å². The quantitative estimate of drug-likeness (QED) is 0.834. The van der Waals surface area contributed by atoms with Gasteiger partial charge < -0.3 is 5.73 Å². The Morgan fingerprint density at radius 1 is 1.35 bits per heavy atom. The standard InChI is InChI=1S/C14H19F2N/c1-14(2)7-3-4-11(14)13(17)10-6-5-9(15)8-12(10)16/h5-6,8,11,13H,3-4,7,17H2,1-2H3. The van der Waals surface area contributed by atoms with Gasteiger partial charge in [0.1, 0.15) is 11.6 Å². The predicted octanol–water partition coefficient (Wildman–Crippen LogP) is 3.79. The Balaban J connectivity index is 2.28. The molecule has 0 aromatic heterocycles. The van der Waals surface area contributed by atoms with Crippen molar-refractivity contribution in [3.63, 3.8) is 0 Å². The van der Waals surface area contributed by atoms with E-state index < -0.39 is 11.6 Å². The second-order valence-corrected chi connectivity index (χ2v) is 5.68. The molecule has 0 radical (unpaired) electrons. The van der Waals surface area contributed by atoms with E-state index in [0.717, 1.165) is 25.3 Å². The summed E-state index contributed by atoms with van der Waals surface area (Å²) in [6, 6.07) is 3.33. The third-order valence-electron chi connectivity index (χ3n) is 4.10. The summed E-state index contributed by atoms with van der Waals surface area (Å²) in [4.78, 5) is 0. The van der Waals surface area contributed by atoms with Crippen LogP contribution in [0.5, 0.6) is 0 Å². The van der Waals surface area contributed by atoms with Gasteiger partial charge in [0.05, 0.1) is 0 Å². The lowest BCUT2D eigenvalue weighted by Crippen LogP contribution is -2.30. The second kappa shape index (κ2) is 4.37. The van der Waals surface area contributed by atoms with Crippen LogP contribution >= 0.6 is 0 Å². The Kier molecular flexibility index (Phi) is 3.21. The molecule has 1 aliphatic carbocycles. The normalized spacial score (nSPS) is 24.9. The first-order chi connectivity index (χ1) is 7.92. The van der Waals surface area contributed by atoms with Crippen molar-refractivity contribution in [2.75, 3.05) is 0 Å². The molecule has 1 aromatic rings. The van der Waals surface area contributed by atoms with E-state index in [2.05, 4.69) is 13.8 Å². The number of halogens is 2. The van der Waals surface area contributed by atoms with E-state index in [4.69, 9.17) is 5.73 Å². The van der Waals surface area contributed by atoms with Gasteiger partial charge in [0.25, 0.3) is 0 Å². The molecule has 0 spiro atoms. The third kappa shape index (κ3) is 2.34. The summed E-state index contributed by atoms with van der Waals surface area (Å²) in [5, 5.41) is 0. The molecule has 2 rings (SSSR count). The molecule has 3 heteroatoms. The second-order valence-electron chi connectivity index (χ2n) is 5.68. The van der Waals surface area contributed by atoms with Crippen molar-refractivity contribution in [3.05, 3.63) is 35.4 Å². The average molecular weight is 239 g/mol. The molecule has 0 bridgehead atoms. The first-order valence-corrected chi connectivity index (χ1v) is 6.12. The molecule has 0 amide bonds. The minimum Gasteiger partial charge on any atom is -0.324 e. The zero-order valence-corrected chi connectivity index (χ0v) is 10.3. The van der Waals surface area contributed by atoms with E-state index in [0.29, 0.717) is 5.56 Å². The minimum absolute atomic E-state index is 0.139. The van der Waals surface area contributed by atoms with Crippen LogP contribution in [0.2, 0.25) is 0 Å². The number of hydrogen-bond donors (Lipinski definition) is 1. The molecular formula is C14H19F2N. The maximum absolute atomic E-state index is 13.7. The average Bonchev–Trinajstić information content (AvgIpc) is 2.57. The molecule has 1 saturated carbocycles. The van der Waals surface area contributed by atoms with Crippen LogP contribution in [-0.2, 0) is 0 Å². The van der Waals surface area contributed by atoms with Gasteiger partial charge in [0, 0.05) is 17.7 Å². The molecule has 1 nitrogen and oxygen atoms in total. The SMILES string of the molecule is CC1(C)CCCC1C(N)c1ccc(F)cc1F. The molecule has 0 saturated heterocycles. The van der Waals surface area contributed by atoms with Gasteiger partial charge in [-0.15, -0.1) is 0 Å². The lowest BCUT2D eigenvalue weighted by molar-refractivity contribution is 0.219. The summed E-state index contributed by atoms with van der Waals surface area (Å²) in [5.74, 6) is -0.813. The van der Waals surface area contributed by atoms with E-state index in [-0.39, 0.29) is 17.4 Å². The van der Waals surface area contributed by atoms with Crippen LogP contribution in [0, 0.1) is 23.0 Å². The van der Waals surface area contributed by atoms with E-state index in [1.807, 2.05) is 0 Å². The van der Waals surface area contributed by atoms with Crippen LogP contribution in [-0.4, -0.2) is 0 Å².